The summed E-state index contributed by atoms with van der Waals surface area (Å²) in [6, 6.07) is 15.4. The van der Waals surface area contributed by atoms with E-state index in [0.29, 0.717) is 22.2 Å². The van der Waals surface area contributed by atoms with E-state index in [4.69, 9.17) is 0 Å². The van der Waals surface area contributed by atoms with Gasteiger partial charge in [0.25, 0.3) is 5.56 Å². The first kappa shape index (κ1) is 19.8. The van der Waals surface area contributed by atoms with Gasteiger partial charge in [-0.3, -0.25) is 9.36 Å². The highest BCUT2D eigenvalue weighted by Crippen LogP contribution is 2.26. The van der Waals surface area contributed by atoms with E-state index in [-0.39, 0.29) is 11.4 Å². The highest BCUT2D eigenvalue weighted by Gasteiger charge is 2.16. The number of fused-ring (bicyclic) bond motifs is 2. The van der Waals surface area contributed by atoms with Crippen molar-refractivity contribution in [3.8, 4) is 22.6 Å². The van der Waals surface area contributed by atoms with Crippen LogP contribution in [0.15, 0.2) is 71.8 Å². The van der Waals surface area contributed by atoms with Gasteiger partial charge in [0.2, 0.25) is 5.95 Å². The van der Waals surface area contributed by atoms with Crippen molar-refractivity contribution in [1.29, 1.82) is 0 Å². The molecular formula is C23H15F3N4O2. The Morgan fingerprint density at radius 2 is 1.78 bits per heavy atom. The van der Waals surface area contributed by atoms with E-state index in [2.05, 4.69) is 14.7 Å². The molecule has 5 aromatic rings. The number of imidazole rings is 1. The third-order valence-electron chi connectivity index (χ3n) is 5.17. The van der Waals surface area contributed by atoms with E-state index in [1.165, 1.54) is 41.0 Å². The van der Waals surface area contributed by atoms with E-state index in [9.17, 15) is 18.0 Å². The summed E-state index contributed by atoms with van der Waals surface area (Å²) in [5, 5.41) is 0.541. The van der Waals surface area contributed by atoms with Crippen molar-refractivity contribution < 1.29 is 17.9 Å². The second-order valence-electron chi connectivity index (χ2n) is 7.18. The van der Waals surface area contributed by atoms with Crippen molar-refractivity contribution in [2.24, 2.45) is 7.05 Å². The first-order valence-electron chi connectivity index (χ1n) is 9.60. The Labute approximate surface area is 179 Å². The monoisotopic (exact) mass is 436 g/mol. The van der Waals surface area contributed by atoms with Crippen molar-refractivity contribution in [3.05, 3.63) is 83.3 Å². The van der Waals surface area contributed by atoms with Gasteiger partial charge in [-0.2, -0.15) is 13.2 Å². The fraction of sp³-hybridized carbons (Fsp3) is 0.0870. The molecule has 160 valence electrons. The predicted molar refractivity (Wildman–Crippen MR) is 114 cm³/mol. The average molecular weight is 436 g/mol. The van der Waals surface area contributed by atoms with Gasteiger partial charge in [-0.25, -0.2) is 9.97 Å². The molecule has 0 saturated carbocycles. The maximum atomic E-state index is 13.9. The fourth-order valence-electron chi connectivity index (χ4n) is 3.68. The number of aromatic nitrogens is 4. The Hall–Kier alpha value is -4.14. The molecule has 0 saturated heterocycles. The van der Waals surface area contributed by atoms with Crippen molar-refractivity contribution in [3.63, 3.8) is 0 Å². The second-order valence-corrected chi connectivity index (χ2v) is 7.18. The molecule has 5 rings (SSSR count). The number of aryl methyl sites for hydroxylation is 1. The Morgan fingerprint density at radius 3 is 2.53 bits per heavy atom. The highest BCUT2D eigenvalue weighted by atomic mass is 19.3. The number of benzene rings is 2. The van der Waals surface area contributed by atoms with Crippen molar-refractivity contribution >= 4 is 22.1 Å². The molecule has 0 radical (unpaired) electrons. The van der Waals surface area contributed by atoms with Gasteiger partial charge in [0.15, 0.2) is 5.65 Å². The molecule has 0 fully saturated rings. The van der Waals surface area contributed by atoms with Crippen molar-refractivity contribution in [2.75, 3.05) is 0 Å². The lowest BCUT2D eigenvalue weighted by Crippen LogP contribution is -2.21. The first-order valence-corrected chi connectivity index (χ1v) is 9.60. The van der Waals surface area contributed by atoms with E-state index in [1.54, 1.807) is 18.5 Å². The molecule has 0 aliphatic heterocycles. The number of ether oxygens (including phenoxy) is 1. The molecular weight excluding hydrogens is 421 g/mol. The molecule has 0 aliphatic rings. The van der Waals surface area contributed by atoms with Gasteiger partial charge in [-0.05, 0) is 60.2 Å². The van der Waals surface area contributed by atoms with Crippen LogP contribution >= 0.6 is 0 Å². The summed E-state index contributed by atoms with van der Waals surface area (Å²) in [4.78, 5) is 21.7. The number of hydrogen-bond acceptors (Lipinski definition) is 4. The highest BCUT2D eigenvalue weighted by molar-refractivity contribution is 5.86. The molecule has 0 aliphatic carbocycles. The molecule has 3 heterocycles. The van der Waals surface area contributed by atoms with E-state index in [1.807, 2.05) is 23.7 Å². The van der Waals surface area contributed by atoms with Gasteiger partial charge >= 0.3 is 6.61 Å². The Kier molecular flexibility index (Phi) is 4.66. The third-order valence-corrected chi connectivity index (χ3v) is 5.17. The average Bonchev–Trinajstić information content (AvgIpc) is 3.14. The quantitative estimate of drug-likeness (QED) is 0.384. The molecule has 0 unspecified atom stereocenters. The molecule has 2 aromatic carbocycles. The molecule has 0 amide bonds. The Bertz CT molecular complexity index is 1520. The number of halogens is 3. The van der Waals surface area contributed by atoms with Crippen LogP contribution in [-0.2, 0) is 7.05 Å². The maximum Gasteiger partial charge on any atom is 0.387 e. The predicted octanol–water partition coefficient (Wildman–Crippen LogP) is 4.68. The smallest absolute Gasteiger partial charge is 0.387 e. The van der Waals surface area contributed by atoms with E-state index >= 15 is 0 Å². The van der Waals surface area contributed by atoms with Gasteiger partial charge in [-0.1, -0.05) is 6.07 Å². The lowest BCUT2D eigenvalue weighted by atomic mass is 10.0. The summed E-state index contributed by atoms with van der Waals surface area (Å²) in [5.41, 5.74) is 2.69. The third kappa shape index (κ3) is 3.37. The van der Waals surface area contributed by atoms with Gasteiger partial charge in [-0.15, -0.1) is 0 Å². The summed E-state index contributed by atoms with van der Waals surface area (Å²) in [6.45, 7) is -2.97. The molecule has 0 atom stereocenters. The fourth-order valence-corrected chi connectivity index (χ4v) is 3.68. The molecule has 6 nitrogen and oxygen atoms in total. The van der Waals surface area contributed by atoms with Crippen LogP contribution in [0.4, 0.5) is 13.2 Å². The lowest BCUT2D eigenvalue weighted by molar-refractivity contribution is -0.0498. The van der Waals surface area contributed by atoms with Crippen LogP contribution in [0.1, 0.15) is 0 Å². The number of alkyl halides is 2. The van der Waals surface area contributed by atoms with Crippen LogP contribution in [0.2, 0.25) is 0 Å². The standard InChI is InChI=1S/C23H15F3N4O2/c1-29-12-27-18-8-2-13(11-19(18)29)17-10-14-3-9-20(24)28-21(14)30(22(17)31)15-4-6-16(7-5-15)32-23(25)26/h2-12,23H,1H3. The van der Waals surface area contributed by atoms with Gasteiger partial charge in [0, 0.05) is 18.0 Å². The van der Waals surface area contributed by atoms with E-state index in [0.717, 1.165) is 11.0 Å². The van der Waals surface area contributed by atoms with E-state index < -0.39 is 18.1 Å². The molecule has 0 bridgehead atoms. The van der Waals surface area contributed by atoms with Crippen LogP contribution in [0.3, 0.4) is 0 Å². The van der Waals surface area contributed by atoms with Gasteiger partial charge in [0.1, 0.15) is 5.75 Å². The Balaban J connectivity index is 1.75. The largest absolute Gasteiger partial charge is 0.435 e. The zero-order valence-corrected chi connectivity index (χ0v) is 16.7. The van der Waals surface area contributed by atoms with Crippen LogP contribution in [-0.4, -0.2) is 25.7 Å². The minimum Gasteiger partial charge on any atom is -0.435 e. The maximum absolute atomic E-state index is 13.9. The summed E-state index contributed by atoms with van der Waals surface area (Å²) in [6.07, 6.45) is 1.68. The van der Waals surface area contributed by atoms with Crippen molar-refractivity contribution in [1.82, 2.24) is 19.1 Å². The zero-order chi connectivity index (χ0) is 22.4. The number of rotatable bonds is 4. The van der Waals surface area contributed by atoms with Crippen LogP contribution < -0.4 is 10.3 Å². The first-order chi connectivity index (χ1) is 15.4. The van der Waals surface area contributed by atoms with Crippen LogP contribution in [0.5, 0.6) is 5.75 Å². The topological polar surface area (TPSA) is 61.9 Å². The Morgan fingerprint density at radius 1 is 1.00 bits per heavy atom. The van der Waals surface area contributed by atoms with Gasteiger partial charge in [0.05, 0.1) is 23.0 Å². The minimum absolute atomic E-state index is 0.0574. The second kappa shape index (κ2) is 7.52. The summed E-state index contributed by atoms with van der Waals surface area (Å²) >= 11 is 0. The van der Waals surface area contributed by atoms with Crippen LogP contribution in [0, 0.1) is 5.95 Å². The molecule has 0 spiro atoms. The summed E-state index contributed by atoms with van der Waals surface area (Å²) < 4.78 is 46.4. The summed E-state index contributed by atoms with van der Waals surface area (Å²) in [7, 11) is 1.85. The molecule has 9 heteroatoms. The molecule has 3 aromatic heterocycles. The minimum atomic E-state index is -2.97. The SMILES string of the molecule is Cn1cnc2ccc(-c3cc4ccc(F)nc4n(-c4ccc(OC(F)F)cc4)c3=O)cc21. The number of pyridine rings is 2. The number of nitrogens with zero attached hydrogens (tertiary/aromatic N) is 4. The van der Waals surface area contributed by atoms with Crippen molar-refractivity contribution in [2.45, 2.75) is 6.61 Å². The summed E-state index contributed by atoms with van der Waals surface area (Å²) in [5.74, 6) is -0.801. The lowest BCUT2D eigenvalue weighted by Gasteiger charge is -2.13. The van der Waals surface area contributed by atoms with Gasteiger partial charge < -0.3 is 9.30 Å². The normalized spacial score (nSPS) is 11.5. The molecule has 32 heavy (non-hydrogen) atoms. The number of hydrogen-bond donors (Lipinski definition) is 0. The van der Waals surface area contributed by atoms with Crippen LogP contribution in [0.25, 0.3) is 38.9 Å². The molecule has 0 N–H and O–H groups in total. The zero-order valence-electron chi connectivity index (χ0n) is 16.7.